The third-order valence-corrected chi connectivity index (χ3v) is 4.79. The van der Waals surface area contributed by atoms with Gasteiger partial charge in [0.05, 0.1) is 5.56 Å². The van der Waals surface area contributed by atoms with Crippen LogP contribution in [-0.4, -0.2) is 41.7 Å². The van der Waals surface area contributed by atoms with Crippen molar-refractivity contribution in [3.05, 3.63) is 66.5 Å². The van der Waals surface area contributed by atoms with Gasteiger partial charge in [0.2, 0.25) is 0 Å². The fraction of sp³-hybridized carbons (Fsp3) is 0.304. The van der Waals surface area contributed by atoms with Gasteiger partial charge < -0.3 is 15.5 Å². The SMILES string of the molecule is C=CN=C/C=C(\C)CNc1ncccc1C(=O)Nc1cccc(N2CCCCC2)n1. The van der Waals surface area contributed by atoms with Crippen LogP contribution in [0.3, 0.4) is 0 Å². The topological polar surface area (TPSA) is 82.5 Å². The number of nitrogens with one attached hydrogen (secondary N) is 2. The van der Waals surface area contributed by atoms with Gasteiger partial charge in [-0.1, -0.05) is 18.2 Å². The number of piperidine rings is 1. The molecule has 0 spiro atoms. The maximum Gasteiger partial charge on any atom is 0.260 e. The molecule has 0 aromatic carbocycles. The highest BCUT2D eigenvalue weighted by molar-refractivity contribution is 6.07. The van der Waals surface area contributed by atoms with E-state index < -0.39 is 0 Å². The van der Waals surface area contributed by atoms with Crippen molar-refractivity contribution in [3.63, 3.8) is 0 Å². The first-order valence-corrected chi connectivity index (χ1v) is 10.2. The number of anilines is 3. The fourth-order valence-electron chi connectivity index (χ4n) is 3.22. The maximum atomic E-state index is 12.9. The minimum absolute atomic E-state index is 0.247. The number of carbonyl (C=O) groups is 1. The zero-order chi connectivity index (χ0) is 21.2. The second kappa shape index (κ2) is 10.9. The summed E-state index contributed by atoms with van der Waals surface area (Å²) in [6.45, 7) is 8.07. The summed E-state index contributed by atoms with van der Waals surface area (Å²) in [7, 11) is 0. The summed E-state index contributed by atoms with van der Waals surface area (Å²) in [4.78, 5) is 28.0. The minimum Gasteiger partial charge on any atom is -0.366 e. The number of carbonyl (C=O) groups excluding carboxylic acids is 1. The smallest absolute Gasteiger partial charge is 0.260 e. The van der Waals surface area contributed by atoms with Crippen LogP contribution in [0.5, 0.6) is 0 Å². The van der Waals surface area contributed by atoms with E-state index in [2.05, 4.69) is 37.1 Å². The summed E-state index contributed by atoms with van der Waals surface area (Å²) in [5, 5.41) is 6.12. The van der Waals surface area contributed by atoms with E-state index in [1.165, 1.54) is 25.5 Å². The molecule has 1 fully saturated rings. The van der Waals surface area contributed by atoms with Crippen molar-refractivity contribution in [2.45, 2.75) is 26.2 Å². The molecular weight excluding hydrogens is 376 g/mol. The van der Waals surface area contributed by atoms with Gasteiger partial charge in [-0.2, -0.15) is 0 Å². The second-order valence-corrected chi connectivity index (χ2v) is 7.13. The lowest BCUT2D eigenvalue weighted by Crippen LogP contribution is -2.30. The van der Waals surface area contributed by atoms with Gasteiger partial charge in [-0.25, -0.2) is 9.97 Å². The van der Waals surface area contributed by atoms with E-state index in [4.69, 9.17) is 0 Å². The van der Waals surface area contributed by atoms with E-state index in [1.807, 2.05) is 25.1 Å². The van der Waals surface area contributed by atoms with Gasteiger partial charge in [0.25, 0.3) is 5.91 Å². The van der Waals surface area contributed by atoms with Crippen LogP contribution < -0.4 is 15.5 Å². The van der Waals surface area contributed by atoms with Crippen LogP contribution in [0.15, 0.2) is 65.9 Å². The summed E-state index contributed by atoms with van der Waals surface area (Å²) in [6.07, 6.45) is 10.3. The Morgan fingerprint density at radius 3 is 2.87 bits per heavy atom. The van der Waals surface area contributed by atoms with Crippen molar-refractivity contribution in [3.8, 4) is 0 Å². The van der Waals surface area contributed by atoms with E-state index in [-0.39, 0.29) is 5.91 Å². The molecule has 1 aliphatic heterocycles. The zero-order valence-electron chi connectivity index (χ0n) is 17.3. The molecule has 0 aliphatic carbocycles. The highest BCUT2D eigenvalue weighted by Crippen LogP contribution is 2.20. The second-order valence-electron chi connectivity index (χ2n) is 7.13. The number of hydrogen-bond donors (Lipinski definition) is 2. The van der Waals surface area contributed by atoms with Crippen LogP contribution >= 0.6 is 0 Å². The number of allylic oxidation sites excluding steroid dienone is 1. The molecule has 2 aromatic heterocycles. The lowest BCUT2D eigenvalue weighted by molar-refractivity contribution is 0.102. The van der Waals surface area contributed by atoms with Gasteiger partial charge in [-0.15, -0.1) is 0 Å². The molecule has 1 saturated heterocycles. The van der Waals surface area contributed by atoms with Crippen molar-refractivity contribution in [1.29, 1.82) is 0 Å². The number of hydrogen-bond acceptors (Lipinski definition) is 6. The summed E-state index contributed by atoms with van der Waals surface area (Å²) in [6, 6.07) is 9.21. The Hall–Kier alpha value is -3.48. The third-order valence-electron chi connectivity index (χ3n) is 4.79. The number of rotatable bonds is 8. The normalized spacial score (nSPS) is 14.6. The predicted octanol–water partition coefficient (Wildman–Crippen LogP) is 4.29. The number of aliphatic imine (C=N–C) groups is 1. The lowest BCUT2D eigenvalue weighted by Gasteiger charge is -2.27. The van der Waals surface area contributed by atoms with Crippen molar-refractivity contribution >= 4 is 29.6 Å². The van der Waals surface area contributed by atoms with Crippen LogP contribution in [0.4, 0.5) is 17.5 Å². The average molecular weight is 405 g/mol. The molecule has 30 heavy (non-hydrogen) atoms. The molecule has 1 aliphatic rings. The highest BCUT2D eigenvalue weighted by Gasteiger charge is 2.15. The van der Waals surface area contributed by atoms with E-state index >= 15 is 0 Å². The van der Waals surface area contributed by atoms with Crippen LogP contribution in [0, 0.1) is 0 Å². The molecule has 1 amide bonds. The van der Waals surface area contributed by atoms with E-state index in [0.717, 1.165) is 24.5 Å². The number of amides is 1. The summed E-state index contributed by atoms with van der Waals surface area (Å²) in [5.41, 5.74) is 1.52. The predicted molar refractivity (Wildman–Crippen MR) is 123 cm³/mol. The first-order valence-electron chi connectivity index (χ1n) is 10.2. The van der Waals surface area contributed by atoms with Crippen molar-refractivity contribution in [2.24, 2.45) is 4.99 Å². The minimum atomic E-state index is -0.247. The monoisotopic (exact) mass is 404 g/mol. The summed E-state index contributed by atoms with van der Waals surface area (Å²) in [5.74, 6) is 1.72. The molecule has 2 N–H and O–H groups in total. The van der Waals surface area contributed by atoms with Crippen molar-refractivity contribution < 1.29 is 4.79 Å². The molecule has 7 nitrogen and oxygen atoms in total. The van der Waals surface area contributed by atoms with Gasteiger partial charge in [0.15, 0.2) is 0 Å². The van der Waals surface area contributed by atoms with Crippen LogP contribution in [0.1, 0.15) is 36.5 Å². The molecule has 7 heteroatoms. The van der Waals surface area contributed by atoms with Crippen molar-refractivity contribution in [1.82, 2.24) is 9.97 Å². The lowest BCUT2D eigenvalue weighted by atomic mass is 10.1. The van der Waals surface area contributed by atoms with Crippen molar-refractivity contribution in [2.75, 3.05) is 35.2 Å². The molecule has 3 rings (SSSR count). The Labute approximate surface area is 177 Å². The van der Waals surface area contributed by atoms with E-state index in [9.17, 15) is 4.79 Å². The quantitative estimate of drug-likeness (QED) is 0.641. The molecule has 3 heterocycles. The Morgan fingerprint density at radius 1 is 1.23 bits per heavy atom. The fourth-order valence-corrected chi connectivity index (χ4v) is 3.22. The van der Waals surface area contributed by atoms with Gasteiger partial charge >= 0.3 is 0 Å². The Kier molecular flexibility index (Phi) is 7.71. The first kappa shape index (κ1) is 21.2. The van der Waals surface area contributed by atoms with Crippen LogP contribution in [0.25, 0.3) is 0 Å². The molecule has 0 atom stereocenters. The van der Waals surface area contributed by atoms with E-state index in [0.29, 0.717) is 23.7 Å². The molecule has 156 valence electrons. The average Bonchev–Trinajstić information content (AvgIpc) is 2.79. The highest BCUT2D eigenvalue weighted by atomic mass is 16.1. The summed E-state index contributed by atoms with van der Waals surface area (Å²) < 4.78 is 0. The zero-order valence-corrected chi connectivity index (χ0v) is 17.3. The molecule has 0 saturated carbocycles. The standard InChI is InChI=1S/C23H28N6O/c1-3-24-14-12-18(2)17-26-22-19(9-8-13-25-22)23(30)28-20-10-7-11-21(27-20)29-15-5-4-6-16-29/h3,7-14H,1,4-6,15-17H2,2H3,(H,25,26)(H,27,28,30)/b18-12+,24-14?. The number of aromatic nitrogens is 2. The first-order chi connectivity index (χ1) is 14.7. The third kappa shape index (κ3) is 6.01. The maximum absolute atomic E-state index is 12.9. The van der Waals surface area contributed by atoms with Crippen LogP contribution in [0.2, 0.25) is 0 Å². The van der Waals surface area contributed by atoms with E-state index in [1.54, 1.807) is 30.6 Å². The summed E-state index contributed by atoms with van der Waals surface area (Å²) >= 11 is 0. The van der Waals surface area contributed by atoms with Crippen LogP contribution in [-0.2, 0) is 0 Å². The van der Waals surface area contributed by atoms with Gasteiger partial charge in [-0.05, 0) is 56.5 Å². The molecular formula is C23H28N6O. The molecule has 0 radical (unpaired) electrons. The Balaban J connectivity index is 1.68. The Morgan fingerprint density at radius 2 is 2.07 bits per heavy atom. The van der Waals surface area contributed by atoms with Gasteiger partial charge in [0.1, 0.15) is 17.5 Å². The van der Waals surface area contributed by atoms with Gasteiger partial charge in [-0.3, -0.25) is 9.79 Å². The molecule has 2 aromatic rings. The molecule has 0 bridgehead atoms. The number of nitrogens with zero attached hydrogens (tertiary/aromatic N) is 4. The largest absolute Gasteiger partial charge is 0.366 e. The number of pyridine rings is 2. The van der Waals surface area contributed by atoms with Gasteiger partial charge in [0, 0.05) is 38.2 Å². The Bertz CT molecular complexity index is 931. The molecule has 0 unspecified atom stereocenters.